The molecule has 0 saturated heterocycles. The Morgan fingerprint density at radius 3 is 2.16 bits per heavy atom. The average molecular weight is 362 g/mol. The maximum Gasteiger partial charge on any atom is 0.269 e. The van der Waals surface area contributed by atoms with E-state index >= 15 is 0 Å². The van der Waals surface area contributed by atoms with Crippen molar-refractivity contribution in [2.75, 3.05) is 19.5 Å². The number of benzene rings is 2. The van der Waals surface area contributed by atoms with Gasteiger partial charge >= 0.3 is 0 Å². The van der Waals surface area contributed by atoms with Gasteiger partial charge in [0.2, 0.25) is 5.91 Å². The van der Waals surface area contributed by atoms with E-state index in [9.17, 15) is 14.9 Å². The van der Waals surface area contributed by atoms with Crippen LogP contribution in [0.2, 0.25) is 0 Å². The van der Waals surface area contributed by atoms with Gasteiger partial charge in [0.15, 0.2) is 0 Å². The van der Waals surface area contributed by atoms with Crippen LogP contribution in [0.5, 0.6) is 11.5 Å². The molecule has 1 amide bonds. The minimum atomic E-state index is -0.458. The Hall–Kier alpha value is -2.74. The Labute approximate surface area is 149 Å². The number of methoxy groups -OCH3 is 2. The molecule has 8 heteroatoms. The number of nitro benzene ring substituents is 1. The number of anilines is 1. The number of hydrogen-bond acceptors (Lipinski definition) is 6. The van der Waals surface area contributed by atoms with Gasteiger partial charge in [-0.05, 0) is 19.1 Å². The fourth-order valence-corrected chi connectivity index (χ4v) is 2.89. The number of rotatable bonds is 7. The number of carbonyl (C=O) groups is 1. The van der Waals surface area contributed by atoms with Gasteiger partial charge in [-0.25, -0.2) is 0 Å². The van der Waals surface area contributed by atoms with E-state index in [0.717, 1.165) is 4.90 Å². The molecule has 0 radical (unpaired) electrons. The standard InChI is InChI=1S/C17H18N2O5S/c1-11(25-16-6-4-13(5-7-16)19(21)22)17(20)18-12-8-14(23-2)10-15(9-12)24-3/h4-11H,1-3H3,(H,18,20). The van der Waals surface area contributed by atoms with Gasteiger partial charge in [-0.3, -0.25) is 14.9 Å². The second-order valence-corrected chi connectivity index (χ2v) is 6.52. The number of hydrogen-bond donors (Lipinski definition) is 1. The number of thioether (sulfide) groups is 1. The number of non-ortho nitro benzene ring substituents is 1. The summed E-state index contributed by atoms with van der Waals surface area (Å²) in [4.78, 5) is 23.4. The number of amides is 1. The van der Waals surface area contributed by atoms with Crippen molar-refractivity contribution < 1.29 is 19.2 Å². The quantitative estimate of drug-likeness (QED) is 0.458. The third kappa shape index (κ3) is 5.12. The smallest absolute Gasteiger partial charge is 0.269 e. The van der Waals surface area contributed by atoms with Crippen molar-refractivity contribution in [2.24, 2.45) is 0 Å². The Bertz CT molecular complexity index is 742. The van der Waals surface area contributed by atoms with Crippen molar-refractivity contribution >= 4 is 29.0 Å². The van der Waals surface area contributed by atoms with E-state index in [4.69, 9.17) is 9.47 Å². The molecule has 1 unspecified atom stereocenters. The molecule has 1 N–H and O–H groups in total. The molecular weight excluding hydrogens is 344 g/mol. The van der Waals surface area contributed by atoms with Crippen LogP contribution >= 0.6 is 11.8 Å². The molecule has 0 aromatic heterocycles. The van der Waals surface area contributed by atoms with Crippen LogP contribution in [0.3, 0.4) is 0 Å². The molecule has 0 heterocycles. The molecule has 0 saturated carbocycles. The SMILES string of the molecule is COc1cc(NC(=O)C(C)Sc2ccc([N+](=O)[O-])cc2)cc(OC)c1. The van der Waals surface area contributed by atoms with E-state index in [0.29, 0.717) is 17.2 Å². The van der Waals surface area contributed by atoms with Crippen molar-refractivity contribution in [2.45, 2.75) is 17.1 Å². The lowest BCUT2D eigenvalue weighted by Crippen LogP contribution is -2.22. The summed E-state index contributed by atoms with van der Waals surface area (Å²) >= 11 is 1.31. The first-order valence-corrected chi connectivity index (χ1v) is 8.26. The summed E-state index contributed by atoms with van der Waals surface area (Å²) in [5, 5.41) is 13.1. The summed E-state index contributed by atoms with van der Waals surface area (Å²) in [6.07, 6.45) is 0. The highest BCUT2D eigenvalue weighted by Gasteiger charge is 2.16. The molecule has 2 rings (SSSR count). The van der Waals surface area contributed by atoms with Crippen LogP contribution in [0.25, 0.3) is 0 Å². The zero-order valence-electron chi connectivity index (χ0n) is 14.0. The molecule has 0 aliphatic rings. The summed E-state index contributed by atoms with van der Waals surface area (Å²) < 4.78 is 10.3. The summed E-state index contributed by atoms with van der Waals surface area (Å²) in [6.45, 7) is 1.76. The fourth-order valence-electron chi connectivity index (χ4n) is 2.03. The van der Waals surface area contributed by atoms with Crippen molar-refractivity contribution in [3.63, 3.8) is 0 Å². The summed E-state index contributed by atoms with van der Waals surface area (Å²) in [7, 11) is 3.07. The van der Waals surface area contributed by atoms with Crippen LogP contribution in [-0.2, 0) is 4.79 Å². The predicted octanol–water partition coefficient (Wildman–Crippen LogP) is 3.73. The van der Waals surface area contributed by atoms with Crippen molar-refractivity contribution in [3.8, 4) is 11.5 Å². The third-order valence-corrected chi connectivity index (χ3v) is 4.46. The lowest BCUT2D eigenvalue weighted by atomic mass is 10.2. The molecule has 0 aliphatic carbocycles. The van der Waals surface area contributed by atoms with Gasteiger partial charge in [-0.2, -0.15) is 0 Å². The number of ether oxygens (including phenoxy) is 2. The summed E-state index contributed by atoms with van der Waals surface area (Å²) in [6, 6.07) is 11.2. The first kappa shape index (κ1) is 18.6. The van der Waals surface area contributed by atoms with Gasteiger partial charge in [0, 0.05) is 40.9 Å². The second-order valence-electron chi connectivity index (χ2n) is 5.10. The molecule has 2 aromatic carbocycles. The number of carbonyl (C=O) groups excluding carboxylic acids is 1. The molecule has 0 aliphatic heterocycles. The van der Waals surface area contributed by atoms with Gasteiger partial charge in [-0.1, -0.05) is 0 Å². The Balaban J connectivity index is 2.03. The minimum absolute atomic E-state index is 0.0185. The van der Waals surface area contributed by atoms with E-state index in [2.05, 4.69) is 5.32 Å². The zero-order valence-corrected chi connectivity index (χ0v) is 14.8. The second kappa shape index (κ2) is 8.39. The highest BCUT2D eigenvalue weighted by Crippen LogP contribution is 2.28. The van der Waals surface area contributed by atoms with Gasteiger partial charge in [0.1, 0.15) is 11.5 Å². The maximum absolute atomic E-state index is 12.4. The summed E-state index contributed by atoms with van der Waals surface area (Å²) in [5.74, 6) is 0.953. The zero-order chi connectivity index (χ0) is 18.4. The maximum atomic E-state index is 12.4. The molecule has 2 aromatic rings. The molecule has 0 bridgehead atoms. The van der Waals surface area contributed by atoms with E-state index in [1.807, 2.05) is 0 Å². The van der Waals surface area contributed by atoms with Gasteiger partial charge in [0.25, 0.3) is 5.69 Å². The van der Waals surface area contributed by atoms with Crippen LogP contribution < -0.4 is 14.8 Å². The van der Waals surface area contributed by atoms with E-state index < -0.39 is 10.2 Å². The fraction of sp³-hybridized carbons (Fsp3) is 0.235. The normalized spacial score (nSPS) is 11.5. The first-order valence-electron chi connectivity index (χ1n) is 7.38. The lowest BCUT2D eigenvalue weighted by molar-refractivity contribution is -0.384. The molecule has 0 spiro atoms. The molecule has 1 atom stereocenters. The Kier molecular flexibility index (Phi) is 6.24. The Morgan fingerprint density at radius 2 is 1.68 bits per heavy atom. The largest absolute Gasteiger partial charge is 0.497 e. The van der Waals surface area contributed by atoms with Crippen LogP contribution in [0, 0.1) is 10.1 Å². The number of nitro groups is 1. The van der Waals surface area contributed by atoms with Crippen molar-refractivity contribution in [3.05, 3.63) is 52.6 Å². The predicted molar refractivity (Wildman–Crippen MR) is 96.6 cm³/mol. The Morgan fingerprint density at radius 1 is 1.12 bits per heavy atom. The third-order valence-electron chi connectivity index (χ3n) is 3.35. The average Bonchev–Trinajstić information content (AvgIpc) is 2.61. The molecule has 7 nitrogen and oxygen atoms in total. The van der Waals surface area contributed by atoms with Crippen molar-refractivity contribution in [1.82, 2.24) is 0 Å². The number of nitrogens with zero attached hydrogens (tertiary/aromatic N) is 1. The van der Waals surface area contributed by atoms with Gasteiger partial charge in [-0.15, -0.1) is 11.8 Å². The van der Waals surface area contributed by atoms with Gasteiger partial charge < -0.3 is 14.8 Å². The highest BCUT2D eigenvalue weighted by molar-refractivity contribution is 8.00. The van der Waals surface area contributed by atoms with Gasteiger partial charge in [0.05, 0.1) is 24.4 Å². The molecule has 0 fully saturated rings. The van der Waals surface area contributed by atoms with E-state index in [1.165, 1.54) is 38.1 Å². The number of nitrogens with one attached hydrogen (secondary N) is 1. The summed E-state index contributed by atoms with van der Waals surface area (Å²) in [5.41, 5.74) is 0.585. The van der Waals surface area contributed by atoms with Crippen LogP contribution in [0.15, 0.2) is 47.4 Å². The minimum Gasteiger partial charge on any atom is -0.497 e. The van der Waals surface area contributed by atoms with Crippen LogP contribution in [0.4, 0.5) is 11.4 Å². The topological polar surface area (TPSA) is 90.7 Å². The van der Waals surface area contributed by atoms with E-state index in [1.54, 1.807) is 37.3 Å². The van der Waals surface area contributed by atoms with Crippen LogP contribution in [0.1, 0.15) is 6.92 Å². The first-order chi connectivity index (χ1) is 11.9. The van der Waals surface area contributed by atoms with Crippen molar-refractivity contribution in [1.29, 1.82) is 0 Å². The molecule has 132 valence electrons. The molecule has 25 heavy (non-hydrogen) atoms. The van der Waals surface area contributed by atoms with Crippen LogP contribution in [-0.4, -0.2) is 30.3 Å². The van der Waals surface area contributed by atoms with E-state index in [-0.39, 0.29) is 11.6 Å². The molecular formula is C17H18N2O5S. The monoisotopic (exact) mass is 362 g/mol. The lowest BCUT2D eigenvalue weighted by Gasteiger charge is -2.13. The highest BCUT2D eigenvalue weighted by atomic mass is 32.2.